The van der Waals surface area contributed by atoms with Gasteiger partial charge >= 0.3 is 0 Å². The van der Waals surface area contributed by atoms with E-state index in [1.54, 1.807) is 11.1 Å². The summed E-state index contributed by atoms with van der Waals surface area (Å²) in [4.78, 5) is 18.2. The number of hydrogen-bond donors (Lipinski definition) is 2. The Hall–Kier alpha value is -2.44. The average molecular weight is 259 g/mol. The molecule has 0 spiro atoms. The number of aromatic nitrogens is 4. The highest BCUT2D eigenvalue weighted by molar-refractivity contribution is 5.41. The molecule has 0 bridgehead atoms. The van der Waals surface area contributed by atoms with Gasteiger partial charge < -0.3 is 16.0 Å². The monoisotopic (exact) mass is 259 g/mol. The van der Waals surface area contributed by atoms with Crippen molar-refractivity contribution in [3.05, 3.63) is 29.6 Å². The fourth-order valence-corrected chi connectivity index (χ4v) is 1.52. The molecule has 0 unspecified atom stereocenters. The highest BCUT2D eigenvalue weighted by Crippen LogP contribution is 2.11. The second-order valence-electron chi connectivity index (χ2n) is 4.37. The Labute approximate surface area is 111 Å². The summed E-state index contributed by atoms with van der Waals surface area (Å²) in [6.07, 6.45) is 3.59. The maximum atomic E-state index is 5.65. The van der Waals surface area contributed by atoms with Crippen LogP contribution in [0.2, 0.25) is 0 Å². The van der Waals surface area contributed by atoms with Gasteiger partial charge in [0.1, 0.15) is 0 Å². The summed E-state index contributed by atoms with van der Waals surface area (Å²) in [6, 6.07) is 1.96. The fraction of sp³-hybridized carbons (Fsp3) is 0.333. The van der Waals surface area contributed by atoms with E-state index in [1.807, 2.05) is 33.3 Å². The highest BCUT2D eigenvalue weighted by Gasteiger charge is 2.06. The minimum atomic E-state index is 0.198. The van der Waals surface area contributed by atoms with Crippen LogP contribution in [0.4, 0.5) is 17.8 Å². The second-order valence-corrected chi connectivity index (χ2v) is 4.37. The highest BCUT2D eigenvalue weighted by atomic mass is 15.3. The standard InChI is InChI=1S/C12H17N7/c1-8-4-5-14-6-9(8)7-15-11-16-10(13)17-12(18-11)19(2)3/h4-6H,7H2,1-3H3,(H3,13,15,16,17,18). The zero-order chi connectivity index (χ0) is 13.8. The first-order valence-corrected chi connectivity index (χ1v) is 5.88. The van der Waals surface area contributed by atoms with Crippen molar-refractivity contribution in [1.82, 2.24) is 19.9 Å². The quantitative estimate of drug-likeness (QED) is 0.840. The first-order valence-electron chi connectivity index (χ1n) is 5.88. The molecule has 0 atom stereocenters. The lowest BCUT2D eigenvalue weighted by Gasteiger charge is -2.12. The lowest BCUT2D eigenvalue weighted by atomic mass is 10.2. The molecule has 7 heteroatoms. The van der Waals surface area contributed by atoms with Gasteiger partial charge in [0.05, 0.1) is 0 Å². The molecule has 0 fully saturated rings. The van der Waals surface area contributed by atoms with Crippen LogP contribution >= 0.6 is 0 Å². The number of nitrogen functional groups attached to an aromatic ring is 1. The van der Waals surface area contributed by atoms with Crippen molar-refractivity contribution in [1.29, 1.82) is 0 Å². The molecule has 2 aromatic heterocycles. The van der Waals surface area contributed by atoms with Crippen LogP contribution in [0.5, 0.6) is 0 Å². The van der Waals surface area contributed by atoms with E-state index in [0.29, 0.717) is 18.4 Å². The molecular weight excluding hydrogens is 242 g/mol. The average Bonchev–Trinajstić information content (AvgIpc) is 2.37. The van der Waals surface area contributed by atoms with Crippen molar-refractivity contribution >= 4 is 17.8 Å². The molecule has 0 aromatic carbocycles. The van der Waals surface area contributed by atoms with Crippen LogP contribution in [0, 0.1) is 6.92 Å². The number of nitrogens with zero attached hydrogens (tertiary/aromatic N) is 5. The minimum absolute atomic E-state index is 0.198. The summed E-state index contributed by atoms with van der Waals surface area (Å²) in [6.45, 7) is 2.63. The SMILES string of the molecule is Cc1ccncc1CNc1nc(N)nc(N(C)C)n1. The van der Waals surface area contributed by atoms with Crippen molar-refractivity contribution in [2.75, 3.05) is 30.0 Å². The number of aryl methyl sites for hydroxylation is 1. The van der Waals surface area contributed by atoms with Gasteiger partial charge in [-0.15, -0.1) is 0 Å². The van der Waals surface area contributed by atoms with Crippen molar-refractivity contribution in [3.8, 4) is 0 Å². The summed E-state index contributed by atoms with van der Waals surface area (Å²) >= 11 is 0. The Morgan fingerprint density at radius 3 is 2.74 bits per heavy atom. The molecule has 0 amide bonds. The van der Waals surface area contributed by atoms with Gasteiger partial charge in [0.25, 0.3) is 0 Å². The summed E-state index contributed by atoms with van der Waals surface area (Å²) in [7, 11) is 3.70. The van der Waals surface area contributed by atoms with E-state index in [1.165, 1.54) is 0 Å². The largest absolute Gasteiger partial charge is 0.368 e. The van der Waals surface area contributed by atoms with Crippen LogP contribution in [0.1, 0.15) is 11.1 Å². The van der Waals surface area contributed by atoms with Gasteiger partial charge in [-0.25, -0.2) is 0 Å². The Kier molecular flexibility index (Phi) is 3.74. The fourth-order valence-electron chi connectivity index (χ4n) is 1.52. The maximum absolute atomic E-state index is 5.65. The molecule has 0 saturated heterocycles. The van der Waals surface area contributed by atoms with Crippen molar-refractivity contribution < 1.29 is 0 Å². The topological polar surface area (TPSA) is 92.8 Å². The van der Waals surface area contributed by atoms with Crippen molar-refractivity contribution in [3.63, 3.8) is 0 Å². The van der Waals surface area contributed by atoms with Crippen molar-refractivity contribution in [2.45, 2.75) is 13.5 Å². The van der Waals surface area contributed by atoms with Gasteiger partial charge in [0.2, 0.25) is 17.8 Å². The Balaban J connectivity index is 2.14. The molecule has 0 aliphatic rings. The maximum Gasteiger partial charge on any atom is 0.231 e. The number of pyridine rings is 1. The Morgan fingerprint density at radius 2 is 2.05 bits per heavy atom. The second kappa shape index (κ2) is 5.47. The number of hydrogen-bond acceptors (Lipinski definition) is 7. The minimum Gasteiger partial charge on any atom is -0.368 e. The third kappa shape index (κ3) is 3.27. The molecular formula is C12H17N7. The predicted octanol–water partition coefficient (Wildman–Crippen LogP) is 0.835. The smallest absolute Gasteiger partial charge is 0.231 e. The summed E-state index contributed by atoms with van der Waals surface area (Å²) in [5.74, 6) is 1.18. The van der Waals surface area contributed by atoms with Crippen LogP contribution in [0.25, 0.3) is 0 Å². The molecule has 2 aromatic rings. The number of anilines is 3. The van der Waals surface area contributed by atoms with Crippen LogP contribution < -0.4 is 16.0 Å². The van der Waals surface area contributed by atoms with Gasteiger partial charge in [0, 0.05) is 33.0 Å². The molecule has 2 rings (SSSR count). The molecule has 3 N–H and O–H groups in total. The molecule has 0 radical (unpaired) electrons. The van der Waals surface area contributed by atoms with E-state index < -0.39 is 0 Å². The summed E-state index contributed by atoms with van der Waals surface area (Å²) in [5.41, 5.74) is 7.91. The van der Waals surface area contributed by atoms with E-state index in [0.717, 1.165) is 11.1 Å². The lowest BCUT2D eigenvalue weighted by Crippen LogP contribution is -2.16. The number of nitrogens with two attached hydrogens (primary N) is 1. The van der Waals surface area contributed by atoms with Gasteiger partial charge in [-0.05, 0) is 24.1 Å². The molecule has 0 saturated carbocycles. The zero-order valence-electron chi connectivity index (χ0n) is 11.3. The van der Waals surface area contributed by atoms with Crippen LogP contribution in [0.15, 0.2) is 18.5 Å². The Bertz CT molecular complexity index is 568. The van der Waals surface area contributed by atoms with Gasteiger partial charge in [-0.1, -0.05) is 0 Å². The molecule has 2 heterocycles. The van der Waals surface area contributed by atoms with Crippen LogP contribution in [-0.2, 0) is 6.54 Å². The molecule has 0 aliphatic heterocycles. The van der Waals surface area contributed by atoms with E-state index >= 15 is 0 Å². The van der Waals surface area contributed by atoms with Gasteiger partial charge in [-0.3, -0.25) is 4.98 Å². The molecule has 19 heavy (non-hydrogen) atoms. The van der Waals surface area contributed by atoms with E-state index in [9.17, 15) is 0 Å². The van der Waals surface area contributed by atoms with E-state index in [-0.39, 0.29) is 5.95 Å². The Morgan fingerprint density at radius 1 is 1.26 bits per heavy atom. The van der Waals surface area contributed by atoms with E-state index in [4.69, 9.17) is 5.73 Å². The third-order valence-corrected chi connectivity index (χ3v) is 2.63. The van der Waals surface area contributed by atoms with Gasteiger partial charge in [-0.2, -0.15) is 15.0 Å². The van der Waals surface area contributed by atoms with Crippen LogP contribution in [-0.4, -0.2) is 34.0 Å². The van der Waals surface area contributed by atoms with E-state index in [2.05, 4.69) is 25.3 Å². The van der Waals surface area contributed by atoms with Gasteiger partial charge in [0.15, 0.2) is 0 Å². The summed E-state index contributed by atoms with van der Waals surface area (Å²) in [5, 5.41) is 3.13. The van der Waals surface area contributed by atoms with Crippen molar-refractivity contribution in [2.24, 2.45) is 0 Å². The molecule has 100 valence electrons. The lowest BCUT2D eigenvalue weighted by molar-refractivity contribution is 0.946. The number of rotatable bonds is 4. The molecule has 7 nitrogen and oxygen atoms in total. The first kappa shape index (κ1) is 13.0. The zero-order valence-corrected chi connectivity index (χ0v) is 11.3. The predicted molar refractivity (Wildman–Crippen MR) is 74.9 cm³/mol. The number of nitrogens with one attached hydrogen (secondary N) is 1. The normalized spacial score (nSPS) is 10.3. The summed E-state index contributed by atoms with van der Waals surface area (Å²) < 4.78 is 0. The molecule has 0 aliphatic carbocycles. The first-order chi connectivity index (χ1) is 9.06. The third-order valence-electron chi connectivity index (χ3n) is 2.63. The van der Waals surface area contributed by atoms with Crippen LogP contribution in [0.3, 0.4) is 0 Å².